The van der Waals surface area contributed by atoms with E-state index in [2.05, 4.69) is 0 Å². The van der Waals surface area contributed by atoms with Crippen LogP contribution < -0.4 is 15.2 Å². The molecule has 2 N–H and O–H groups in total. The number of likely N-dealkylation sites (tertiary alicyclic amines) is 1. The molecule has 1 aromatic rings. The summed E-state index contributed by atoms with van der Waals surface area (Å²) in [6.45, 7) is 1.95. The van der Waals surface area contributed by atoms with Crippen LogP contribution in [0.2, 0.25) is 5.02 Å². The van der Waals surface area contributed by atoms with Crippen LogP contribution in [0.15, 0.2) is 18.2 Å². The summed E-state index contributed by atoms with van der Waals surface area (Å²) in [4.78, 5) is 25.3. The normalized spacial score (nSPS) is 20.2. The lowest BCUT2D eigenvalue weighted by molar-refractivity contribution is -0.130. The third kappa shape index (κ3) is 3.64. The molecular weight excluding hydrogens is 332 g/mol. The summed E-state index contributed by atoms with van der Waals surface area (Å²) in [6, 6.07) is 3.51. The quantitative estimate of drug-likeness (QED) is 0.843. The van der Waals surface area contributed by atoms with Crippen LogP contribution in [-0.4, -0.2) is 43.0 Å². The maximum atomic E-state index is 12.3. The van der Waals surface area contributed by atoms with Gasteiger partial charge in [-0.3, -0.25) is 9.59 Å². The van der Waals surface area contributed by atoms with Gasteiger partial charge in [-0.2, -0.15) is 0 Å². The Balaban J connectivity index is 1.70. The van der Waals surface area contributed by atoms with Gasteiger partial charge in [0, 0.05) is 19.2 Å². The highest BCUT2D eigenvalue weighted by Gasteiger charge is 2.25. The van der Waals surface area contributed by atoms with E-state index in [1.165, 1.54) is 6.08 Å². The first-order chi connectivity index (χ1) is 11.5. The van der Waals surface area contributed by atoms with Crippen molar-refractivity contribution >= 4 is 29.5 Å². The third-order valence-electron chi connectivity index (χ3n) is 4.17. The van der Waals surface area contributed by atoms with Crippen molar-refractivity contribution in [1.82, 2.24) is 4.90 Å². The van der Waals surface area contributed by atoms with E-state index in [4.69, 9.17) is 26.8 Å². The van der Waals surface area contributed by atoms with E-state index in [0.717, 1.165) is 18.4 Å². The van der Waals surface area contributed by atoms with E-state index in [1.807, 2.05) is 0 Å². The Bertz CT molecular complexity index is 689. The van der Waals surface area contributed by atoms with E-state index >= 15 is 0 Å². The molecule has 3 rings (SSSR count). The van der Waals surface area contributed by atoms with Crippen molar-refractivity contribution in [3.05, 3.63) is 28.8 Å². The number of carbonyl (C=O) groups is 2. The van der Waals surface area contributed by atoms with Crippen LogP contribution in [0.25, 0.3) is 6.08 Å². The van der Waals surface area contributed by atoms with Crippen LogP contribution in [0.1, 0.15) is 18.4 Å². The Labute approximate surface area is 145 Å². The third-order valence-corrected chi connectivity index (χ3v) is 4.45. The van der Waals surface area contributed by atoms with Crippen LogP contribution >= 0.6 is 11.6 Å². The number of carbonyl (C=O) groups excluding carboxylic acids is 2. The van der Waals surface area contributed by atoms with E-state index in [1.54, 1.807) is 23.1 Å². The number of benzene rings is 1. The molecule has 0 bridgehead atoms. The monoisotopic (exact) mass is 350 g/mol. The molecule has 6 nitrogen and oxygen atoms in total. The number of hydrogen-bond donors (Lipinski definition) is 1. The van der Waals surface area contributed by atoms with Crippen molar-refractivity contribution < 1.29 is 19.1 Å². The molecule has 1 aromatic carbocycles. The SMILES string of the molecule is NC(=O)C1CCCN(C(=O)/C=C/c2cc(Cl)c3c(c2)OCCO3)C1. The molecule has 1 atom stereocenters. The van der Waals surface area contributed by atoms with Gasteiger partial charge in [0.1, 0.15) is 13.2 Å². The van der Waals surface area contributed by atoms with Crippen LogP contribution in [-0.2, 0) is 9.59 Å². The summed E-state index contributed by atoms with van der Waals surface area (Å²) in [5.41, 5.74) is 6.09. The van der Waals surface area contributed by atoms with Crippen molar-refractivity contribution in [3.63, 3.8) is 0 Å². The minimum Gasteiger partial charge on any atom is -0.486 e. The molecule has 128 valence electrons. The molecule has 0 radical (unpaired) electrons. The molecule has 0 saturated carbocycles. The summed E-state index contributed by atoms with van der Waals surface area (Å²) >= 11 is 6.18. The zero-order valence-corrected chi connectivity index (χ0v) is 13.9. The maximum Gasteiger partial charge on any atom is 0.246 e. The number of rotatable bonds is 3. The van der Waals surface area contributed by atoms with E-state index in [0.29, 0.717) is 42.8 Å². The van der Waals surface area contributed by atoms with Crippen molar-refractivity contribution in [2.45, 2.75) is 12.8 Å². The molecule has 2 amide bonds. The predicted octanol–water partition coefficient (Wildman–Crippen LogP) is 1.85. The first kappa shape index (κ1) is 16.6. The minimum absolute atomic E-state index is 0.146. The lowest BCUT2D eigenvalue weighted by Crippen LogP contribution is -2.43. The molecule has 2 aliphatic rings. The first-order valence-corrected chi connectivity index (χ1v) is 8.28. The van der Waals surface area contributed by atoms with Gasteiger partial charge in [0.25, 0.3) is 0 Å². The average molecular weight is 351 g/mol. The second-order valence-electron chi connectivity index (χ2n) is 5.89. The number of halogens is 1. The van der Waals surface area contributed by atoms with E-state index in [-0.39, 0.29) is 17.7 Å². The Hall–Kier alpha value is -2.21. The summed E-state index contributed by atoms with van der Waals surface area (Å²) < 4.78 is 11.0. The highest BCUT2D eigenvalue weighted by atomic mass is 35.5. The number of nitrogens with zero attached hydrogens (tertiary/aromatic N) is 1. The number of piperidine rings is 1. The molecule has 0 aromatic heterocycles. The lowest BCUT2D eigenvalue weighted by Gasteiger charge is -2.30. The van der Waals surface area contributed by atoms with Gasteiger partial charge in [-0.1, -0.05) is 11.6 Å². The van der Waals surface area contributed by atoms with E-state index in [9.17, 15) is 9.59 Å². The van der Waals surface area contributed by atoms with Crippen molar-refractivity contribution in [3.8, 4) is 11.5 Å². The molecule has 2 heterocycles. The summed E-state index contributed by atoms with van der Waals surface area (Å²) in [5, 5.41) is 0.450. The number of nitrogens with two attached hydrogens (primary N) is 1. The molecule has 24 heavy (non-hydrogen) atoms. The molecule has 1 saturated heterocycles. The molecule has 2 aliphatic heterocycles. The van der Waals surface area contributed by atoms with E-state index < -0.39 is 0 Å². The largest absolute Gasteiger partial charge is 0.486 e. The summed E-state index contributed by atoms with van der Waals surface area (Å²) in [5.74, 6) is 0.348. The fourth-order valence-electron chi connectivity index (χ4n) is 2.91. The van der Waals surface area contributed by atoms with Crippen LogP contribution in [0.3, 0.4) is 0 Å². The smallest absolute Gasteiger partial charge is 0.246 e. The molecule has 7 heteroatoms. The zero-order valence-electron chi connectivity index (χ0n) is 13.2. The molecule has 1 fully saturated rings. The van der Waals surface area contributed by atoms with Gasteiger partial charge < -0.3 is 20.1 Å². The van der Waals surface area contributed by atoms with Gasteiger partial charge in [0.15, 0.2) is 11.5 Å². The number of hydrogen-bond acceptors (Lipinski definition) is 4. The first-order valence-electron chi connectivity index (χ1n) is 7.90. The van der Waals surface area contributed by atoms with Crippen molar-refractivity contribution in [1.29, 1.82) is 0 Å². The molecule has 1 unspecified atom stereocenters. The molecule has 0 spiro atoms. The van der Waals surface area contributed by atoms with Crippen LogP contribution in [0, 0.1) is 5.92 Å². The second kappa shape index (κ2) is 7.13. The van der Waals surface area contributed by atoms with Gasteiger partial charge in [-0.25, -0.2) is 0 Å². The number of amides is 2. The number of primary amides is 1. The summed E-state index contributed by atoms with van der Waals surface area (Å²) in [6.07, 6.45) is 4.68. The predicted molar refractivity (Wildman–Crippen MR) is 90.0 cm³/mol. The Morgan fingerprint density at radius 2 is 2.08 bits per heavy atom. The van der Waals surface area contributed by atoms with Gasteiger partial charge in [-0.15, -0.1) is 0 Å². The Kier molecular flexibility index (Phi) is 4.94. The standard InChI is InChI=1S/C17H19ClN2O4/c18-13-8-11(9-14-16(13)24-7-6-23-14)3-4-15(21)20-5-1-2-12(10-20)17(19)22/h3-4,8-9,12H,1-2,5-7,10H2,(H2,19,22)/b4-3+. The second-order valence-corrected chi connectivity index (χ2v) is 6.29. The number of ether oxygens (including phenoxy) is 2. The fourth-order valence-corrected chi connectivity index (χ4v) is 3.18. The lowest BCUT2D eigenvalue weighted by atomic mass is 9.97. The number of fused-ring (bicyclic) bond motifs is 1. The highest BCUT2D eigenvalue weighted by molar-refractivity contribution is 6.32. The van der Waals surface area contributed by atoms with Crippen molar-refractivity contribution in [2.75, 3.05) is 26.3 Å². The van der Waals surface area contributed by atoms with Crippen LogP contribution in [0.4, 0.5) is 0 Å². The van der Waals surface area contributed by atoms with Gasteiger partial charge in [0.05, 0.1) is 10.9 Å². The molecular formula is C17H19ClN2O4. The summed E-state index contributed by atoms with van der Waals surface area (Å²) in [7, 11) is 0. The zero-order chi connectivity index (χ0) is 17.1. The highest BCUT2D eigenvalue weighted by Crippen LogP contribution is 2.38. The Morgan fingerprint density at radius 1 is 1.29 bits per heavy atom. The topological polar surface area (TPSA) is 81.9 Å². The van der Waals surface area contributed by atoms with Crippen molar-refractivity contribution in [2.24, 2.45) is 11.7 Å². The van der Waals surface area contributed by atoms with Gasteiger partial charge in [-0.05, 0) is 36.6 Å². The van der Waals surface area contributed by atoms with Gasteiger partial charge >= 0.3 is 0 Å². The van der Waals surface area contributed by atoms with Gasteiger partial charge in [0.2, 0.25) is 11.8 Å². The average Bonchev–Trinajstić information content (AvgIpc) is 2.60. The maximum absolute atomic E-state index is 12.3. The Morgan fingerprint density at radius 3 is 2.88 bits per heavy atom. The minimum atomic E-state index is -0.352. The molecule has 0 aliphatic carbocycles. The van der Waals surface area contributed by atoms with Crippen LogP contribution in [0.5, 0.6) is 11.5 Å². The fraction of sp³-hybridized carbons (Fsp3) is 0.412.